The number of nitrogens with zero attached hydrogens (tertiary/aromatic N) is 2. The summed E-state index contributed by atoms with van der Waals surface area (Å²) in [5.74, 6) is 1.84. The van der Waals surface area contributed by atoms with Crippen LogP contribution in [0, 0.1) is 13.8 Å². The first-order chi connectivity index (χ1) is 12.7. The first-order valence-corrected chi connectivity index (χ1v) is 9.31. The van der Waals surface area contributed by atoms with Gasteiger partial charge in [-0.1, -0.05) is 24.3 Å². The summed E-state index contributed by atoms with van der Waals surface area (Å²) < 4.78 is 5.93. The van der Waals surface area contributed by atoms with E-state index in [1.807, 2.05) is 24.4 Å². The Hall–Kier alpha value is -1.83. The molecule has 0 aliphatic heterocycles. The molecule has 0 radical (unpaired) electrons. The third kappa shape index (κ3) is 8.60. The van der Waals surface area contributed by atoms with Crippen molar-refractivity contribution in [2.24, 2.45) is 4.99 Å². The second kappa shape index (κ2) is 13.4. The van der Waals surface area contributed by atoms with E-state index in [0.717, 1.165) is 49.9 Å². The molecule has 0 aliphatic rings. The van der Waals surface area contributed by atoms with Crippen molar-refractivity contribution in [1.29, 1.82) is 0 Å². The van der Waals surface area contributed by atoms with Crippen LogP contribution in [-0.4, -0.2) is 37.2 Å². The molecule has 0 amide bonds. The largest absolute Gasteiger partial charge is 0.493 e. The normalized spacial score (nSPS) is 10.9. The quantitative estimate of drug-likeness (QED) is 0.247. The maximum atomic E-state index is 5.93. The Balaban J connectivity index is 0.00000364. The van der Waals surface area contributed by atoms with Crippen molar-refractivity contribution in [2.75, 3.05) is 26.2 Å². The molecule has 27 heavy (non-hydrogen) atoms. The van der Waals surface area contributed by atoms with Gasteiger partial charge in [-0.15, -0.1) is 24.0 Å². The van der Waals surface area contributed by atoms with Crippen LogP contribution in [0.15, 0.2) is 47.6 Å². The lowest BCUT2D eigenvalue weighted by Crippen LogP contribution is -2.38. The van der Waals surface area contributed by atoms with Crippen molar-refractivity contribution in [3.05, 3.63) is 59.4 Å². The number of nitrogens with one attached hydrogen (secondary N) is 2. The topological polar surface area (TPSA) is 58.5 Å². The van der Waals surface area contributed by atoms with E-state index in [-0.39, 0.29) is 24.0 Å². The summed E-state index contributed by atoms with van der Waals surface area (Å²) in [7, 11) is 0. The predicted molar refractivity (Wildman–Crippen MR) is 123 cm³/mol. The van der Waals surface area contributed by atoms with Crippen LogP contribution in [-0.2, 0) is 6.42 Å². The lowest BCUT2D eigenvalue weighted by molar-refractivity contribution is 0.309. The molecule has 0 spiro atoms. The lowest BCUT2D eigenvalue weighted by atomic mass is 10.1. The van der Waals surface area contributed by atoms with E-state index in [2.05, 4.69) is 59.6 Å². The Labute approximate surface area is 180 Å². The highest BCUT2D eigenvalue weighted by Crippen LogP contribution is 2.22. The molecule has 0 atom stereocenters. The lowest BCUT2D eigenvalue weighted by Gasteiger charge is -2.12. The Morgan fingerprint density at radius 1 is 1.07 bits per heavy atom. The van der Waals surface area contributed by atoms with Crippen molar-refractivity contribution in [3.8, 4) is 5.75 Å². The summed E-state index contributed by atoms with van der Waals surface area (Å²) in [6.07, 6.45) is 3.58. The second-order valence-corrected chi connectivity index (χ2v) is 6.18. The Morgan fingerprint density at radius 2 is 1.85 bits per heavy atom. The third-order valence-corrected chi connectivity index (χ3v) is 3.97. The second-order valence-electron chi connectivity index (χ2n) is 6.18. The van der Waals surface area contributed by atoms with E-state index in [9.17, 15) is 0 Å². The minimum absolute atomic E-state index is 0. The van der Waals surface area contributed by atoms with E-state index in [1.165, 1.54) is 11.1 Å². The molecular formula is C21H31IN4O. The highest BCUT2D eigenvalue weighted by molar-refractivity contribution is 14.0. The molecule has 0 aliphatic carbocycles. The molecule has 2 aromatic rings. The van der Waals surface area contributed by atoms with Crippen LogP contribution in [0.5, 0.6) is 5.75 Å². The summed E-state index contributed by atoms with van der Waals surface area (Å²) in [6.45, 7) is 9.27. The van der Waals surface area contributed by atoms with Crippen LogP contribution < -0.4 is 15.4 Å². The van der Waals surface area contributed by atoms with Gasteiger partial charge < -0.3 is 15.4 Å². The summed E-state index contributed by atoms with van der Waals surface area (Å²) in [5.41, 5.74) is 3.44. The van der Waals surface area contributed by atoms with Crippen LogP contribution in [0.25, 0.3) is 0 Å². The minimum atomic E-state index is 0. The molecule has 0 fully saturated rings. The van der Waals surface area contributed by atoms with Crippen molar-refractivity contribution >= 4 is 29.9 Å². The monoisotopic (exact) mass is 482 g/mol. The molecule has 2 rings (SSSR count). The smallest absolute Gasteiger partial charge is 0.191 e. The van der Waals surface area contributed by atoms with Crippen LogP contribution in [0.2, 0.25) is 0 Å². The Morgan fingerprint density at radius 3 is 2.52 bits per heavy atom. The SMILES string of the molecule is CCNC(=NCCCOc1c(C)cccc1C)NCCc1ccccn1.I. The number of hydrogen-bond acceptors (Lipinski definition) is 3. The number of aliphatic imine (C=N–C) groups is 1. The van der Waals surface area contributed by atoms with E-state index >= 15 is 0 Å². The number of benzene rings is 1. The van der Waals surface area contributed by atoms with Gasteiger partial charge >= 0.3 is 0 Å². The molecule has 0 unspecified atom stereocenters. The number of ether oxygens (including phenoxy) is 1. The standard InChI is InChI=1S/C21H30N4O.HI/c1-4-22-21(25-15-12-19-11-5-6-13-23-19)24-14-8-16-26-20-17(2)9-7-10-18(20)3;/h5-7,9-11,13H,4,8,12,14-16H2,1-3H3,(H2,22,24,25);1H. The third-order valence-electron chi connectivity index (χ3n) is 3.97. The van der Waals surface area contributed by atoms with Crippen LogP contribution in [0.4, 0.5) is 0 Å². The number of hydrogen-bond donors (Lipinski definition) is 2. The fourth-order valence-corrected chi connectivity index (χ4v) is 2.65. The molecular weight excluding hydrogens is 451 g/mol. The highest BCUT2D eigenvalue weighted by Gasteiger charge is 2.03. The number of rotatable bonds is 9. The number of halogens is 1. The van der Waals surface area contributed by atoms with Gasteiger partial charge in [0.2, 0.25) is 0 Å². The van der Waals surface area contributed by atoms with Gasteiger partial charge in [-0.25, -0.2) is 0 Å². The van der Waals surface area contributed by atoms with Crippen LogP contribution in [0.3, 0.4) is 0 Å². The van der Waals surface area contributed by atoms with Gasteiger partial charge in [-0.2, -0.15) is 0 Å². The number of aromatic nitrogens is 1. The molecule has 0 saturated heterocycles. The minimum Gasteiger partial charge on any atom is -0.493 e. The molecule has 5 nitrogen and oxygen atoms in total. The number of para-hydroxylation sites is 1. The predicted octanol–water partition coefficient (Wildman–Crippen LogP) is 3.88. The summed E-state index contributed by atoms with van der Waals surface area (Å²) >= 11 is 0. The van der Waals surface area contributed by atoms with Gasteiger partial charge in [0.1, 0.15) is 5.75 Å². The van der Waals surface area contributed by atoms with Gasteiger partial charge in [0.05, 0.1) is 6.61 Å². The van der Waals surface area contributed by atoms with Gasteiger partial charge in [0.15, 0.2) is 5.96 Å². The Kier molecular flexibility index (Phi) is 11.5. The maximum absolute atomic E-state index is 5.93. The molecule has 0 bridgehead atoms. The van der Waals surface area contributed by atoms with Crippen LogP contribution >= 0.6 is 24.0 Å². The molecule has 2 N–H and O–H groups in total. The zero-order valence-electron chi connectivity index (χ0n) is 16.5. The highest BCUT2D eigenvalue weighted by atomic mass is 127. The fraction of sp³-hybridized carbons (Fsp3) is 0.429. The molecule has 148 valence electrons. The summed E-state index contributed by atoms with van der Waals surface area (Å²) in [4.78, 5) is 8.95. The number of aryl methyl sites for hydroxylation is 2. The van der Waals surface area contributed by atoms with E-state index in [4.69, 9.17) is 4.74 Å². The zero-order chi connectivity index (χ0) is 18.6. The summed E-state index contributed by atoms with van der Waals surface area (Å²) in [6, 6.07) is 12.2. The average molecular weight is 482 g/mol. The van der Waals surface area contributed by atoms with E-state index < -0.39 is 0 Å². The van der Waals surface area contributed by atoms with E-state index in [1.54, 1.807) is 0 Å². The van der Waals surface area contributed by atoms with Crippen molar-refractivity contribution < 1.29 is 4.74 Å². The molecule has 0 saturated carbocycles. The van der Waals surface area contributed by atoms with Crippen molar-refractivity contribution in [2.45, 2.75) is 33.6 Å². The van der Waals surface area contributed by atoms with Gasteiger partial charge in [-0.3, -0.25) is 9.98 Å². The van der Waals surface area contributed by atoms with Crippen molar-refractivity contribution in [3.63, 3.8) is 0 Å². The first kappa shape index (κ1) is 23.2. The molecule has 1 heterocycles. The fourth-order valence-electron chi connectivity index (χ4n) is 2.65. The van der Waals surface area contributed by atoms with Gasteiger partial charge in [0.25, 0.3) is 0 Å². The molecule has 1 aromatic heterocycles. The summed E-state index contributed by atoms with van der Waals surface area (Å²) in [5, 5.41) is 6.63. The maximum Gasteiger partial charge on any atom is 0.191 e. The number of pyridine rings is 1. The van der Waals surface area contributed by atoms with E-state index in [0.29, 0.717) is 6.61 Å². The average Bonchev–Trinajstić information content (AvgIpc) is 2.64. The zero-order valence-corrected chi connectivity index (χ0v) is 18.8. The van der Waals surface area contributed by atoms with Gasteiger partial charge in [-0.05, 0) is 44.0 Å². The number of guanidine groups is 1. The molecule has 6 heteroatoms. The van der Waals surface area contributed by atoms with Crippen LogP contribution in [0.1, 0.15) is 30.2 Å². The Bertz CT molecular complexity index is 672. The molecule has 1 aromatic carbocycles. The first-order valence-electron chi connectivity index (χ1n) is 9.31. The van der Waals surface area contributed by atoms with Gasteiger partial charge in [0, 0.05) is 44.4 Å². The van der Waals surface area contributed by atoms with Crippen molar-refractivity contribution in [1.82, 2.24) is 15.6 Å².